The summed E-state index contributed by atoms with van der Waals surface area (Å²) in [6, 6.07) is 18.2. The van der Waals surface area contributed by atoms with Crippen LogP contribution < -0.4 is 9.21 Å². The normalized spacial score (nSPS) is 25.4. The Morgan fingerprint density at radius 2 is 1.44 bits per heavy atom. The van der Waals surface area contributed by atoms with Crippen LogP contribution in [0.3, 0.4) is 0 Å². The molecule has 0 amide bonds. The van der Waals surface area contributed by atoms with Gasteiger partial charge in [-0.3, -0.25) is 4.31 Å². The number of aromatic nitrogens is 1. The summed E-state index contributed by atoms with van der Waals surface area (Å²) in [5.41, 5.74) is 3.34. The fourth-order valence-electron chi connectivity index (χ4n) is 7.68. The zero-order valence-corrected chi connectivity index (χ0v) is 23.5. The molecule has 7 nitrogen and oxygen atoms in total. The van der Waals surface area contributed by atoms with Gasteiger partial charge in [0.25, 0.3) is 10.0 Å². The first kappa shape index (κ1) is 25.9. The highest BCUT2D eigenvalue weighted by Crippen LogP contribution is 2.60. The van der Waals surface area contributed by atoms with Gasteiger partial charge < -0.3 is 9.64 Å². The second-order valence-corrected chi connectivity index (χ2v) is 13.6. The lowest BCUT2D eigenvalue weighted by Gasteiger charge is -2.57. The summed E-state index contributed by atoms with van der Waals surface area (Å²) in [7, 11) is 0.944. The Morgan fingerprint density at radius 3 is 2.00 bits per heavy atom. The van der Waals surface area contributed by atoms with Crippen molar-refractivity contribution in [1.82, 2.24) is 4.98 Å². The molecule has 7 rings (SSSR count). The summed E-state index contributed by atoms with van der Waals surface area (Å²) in [4.78, 5) is 18.4. The molecular formula is C31H35N3O4S. The highest BCUT2D eigenvalue weighted by atomic mass is 32.2. The zero-order valence-electron chi connectivity index (χ0n) is 22.7. The topological polar surface area (TPSA) is 79.8 Å². The lowest BCUT2D eigenvalue weighted by Crippen LogP contribution is -2.48. The summed E-state index contributed by atoms with van der Waals surface area (Å²) in [5, 5.41) is 0. The Kier molecular flexibility index (Phi) is 6.41. The van der Waals surface area contributed by atoms with Crippen molar-refractivity contribution in [3.05, 3.63) is 78.0 Å². The monoisotopic (exact) mass is 545 g/mol. The molecule has 1 heterocycles. The molecule has 0 aliphatic heterocycles. The van der Waals surface area contributed by atoms with Gasteiger partial charge >= 0.3 is 5.97 Å². The molecule has 4 aliphatic carbocycles. The average Bonchev–Trinajstić information content (AvgIpc) is 2.95. The van der Waals surface area contributed by atoms with Crippen molar-refractivity contribution in [2.45, 2.75) is 48.8 Å². The smallest absolute Gasteiger partial charge is 0.341 e. The van der Waals surface area contributed by atoms with Gasteiger partial charge in [0, 0.05) is 26.0 Å². The van der Waals surface area contributed by atoms with E-state index in [4.69, 9.17) is 4.74 Å². The molecule has 8 heteroatoms. The highest BCUT2D eigenvalue weighted by molar-refractivity contribution is 7.92. The molecule has 0 radical (unpaired) electrons. The maximum absolute atomic E-state index is 13.5. The van der Waals surface area contributed by atoms with Gasteiger partial charge in [-0.1, -0.05) is 12.1 Å². The van der Waals surface area contributed by atoms with E-state index in [9.17, 15) is 13.2 Å². The predicted octanol–water partition coefficient (Wildman–Crippen LogP) is 5.93. The van der Waals surface area contributed by atoms with Crippen LogP contribution in [0.5, 0.6) is 0 Å². The lowest BCUT2D eigenvalue weighted by molar-refractivity contribution is -0.00518. The number of hydrogen-bond acceptors (Lipinski definition) is 6. The number of benzene rings is 2. The molecule has 0 atom stereocenters. The number of sulfonamides is 1. The van der Waals surface area contributed by atoms with Crippen molar-refractivity contribution in [3.8, 4) is 0 Å². The van der Waals surface area contributed by atoms with E-state index in [1.165, 1.54) is 55.5 Å². The third-order valence-corrected chi connectivity index (χ3v) is 11.1. The van der Waals surface area contributed by atoms with Gasteiger partial charge in [0.2, 0.25) is 0 Å². The minimum atomic E-state index is -3.76. The van der Waals surface area contributed by atoms with E-state index in [0.29, 0.717) is 22.8 Å². The highest BCUT2D eigenvalue weighted by Gasteiger charge is 2.51. The molecule has 4 fully saturated rings. The van der Waals surface area contributed by atoms with E-state index in [-0.39, 0.29) is 10.3 Å². The lowest BCUT2D eigenvalue weighted by atomic mass is 9.48. The Balaban J connectivity index is 1.20. The van der Waals surface area contributed by atoms with Crippen LogP contribution in [-0.4, -0.2) is 40.6 Å². The predicted molar refractivity (Wildman–Crippen MR) is 152 cm³/mol. The van der Waals surface area contributed by atoms with E-state index in [2.05, 4.69) is 17.1 Å². The molecule has 4 aliphatic rings. The van der Waals surface area contributed by atoms with Crippen LogP contribution >= 0.6 is 0 Å². The molecule has 4 saturated carbocycles. The van der Waals surface area contributed by atoms with Gasteiger partial charge in [-0.05, 0) is 116 Å². The Labute approximate surface area is 230 Å². The Bertz CT molecular complexity index is 1450. The number of methoxy groups -OCH3 is 1. The Morgan fingerprint density at radius 1 is 0.872 bits per heavy atom. The van der Waals surface area contributed by atoms with Gasteiger partial charge in [0.05, 0.1) is 17.7 Å². The molecule has 0 unspecified atom stereocenters. The zero-order chi connectivity index (χ0) is 27.4. The van der Waals surface area contributed by atoms with Crippen LogP contribution in [-0.2, 0) is 20.2 Å². The molecular weight excluding hydrogens is 510 g/mol. The number of carbonyl (C=O) groups excluding carboxylic acids is 1. The van der Waals surface area contributed by atoms with Gasteiger partial charge in [-0.2, -0.15) is 0 Å². The van der Waals surface area contributed by atoms with Crippen LogP contribution in [0.15, 0.2) is 71.8 Å². The number of ether oxygens (including phenoxy) is 1. The van der Waals surface area contributed by atoms with E-state index >= 15 is 0 Å². The van der Waals surface area contributed by atoms with Crippen LogP contribution in [0.25, 0.3) is 0 Å². The number of carbonyl (C=O) groups is 1. The van der Waals surface area contributed by atoms with E-state index in [1.54, 1.807) is 61.6 Å². The van der Waals surface area contributed by atoms with Crippen molar-refractivity contribution in [1.29, 1.82) is 0 Å². The van der Waals surface area contributed by atoms with Crippen molar-refractivity contribution >= 4 is 33.2 Å². The molecule has 0 N–H and O–H groups in total. The van der Waals surface area contributed by atoms with Gasteiger partial charge in [-0.25, -0.2) is 18.2 Å². The summed E-state index contributed by atoms with van der Waals surface area (Å²) >= 11 is 0. The number of nitrogens with zero attached hydrogens (tertiary/aromatic N) is 3. The van der Waals surface area contributed by atoms with Crippen LogP contribution in [0.4, 0.5) is 17.2 Å². The Hall–Kier alpha value is -3.39. The molecule has 1 aromatic heterocycles. The summed E-state index contributed by atoms with van der Waals surface area (Å²) < 4.78 is 33.2. The van der Waals surface area contributed by atoms with Crippen molar-refractivity contribution in [2.75, 3.05) is 30.4 Å². The minimum absolute atomic E-state index is 0.196. The maximum atomic E-state index is 13.5. The standard InChI is InChI=1S/C31H35N3O4S/c1-33(29-28(30(35)38-3)5-4-14-32-29)25-10-12-27(13-11-25)39(36,37)34(2)26-8-6-24(7-9-26)31-18-21-15-22(19-31)17-23(16-21)20-31/h4-14,21-23H,15-20H2,1-3H3. The van der Waals surface area contributed by atoms with E-state index in [1.807, 2.05) is 12.1 Å². The molecule has 39 heavy (non-hydrogen) atoms. The number of rotatable bonds is 7. The number of esters is 1. The summed E-state index contributed by atoms with van der Waals surface area (Å²) in [6.45, 7) is 0. The van der Waals surface area contributed by atoms with Gasteiger partial charge in [-0.15, -0.1) is 0 Å². The SMILES string of the molecule is COC(=O)c1cccnc1N(C)c1ccc(S(=O)(=O)N(C)c2ccc(C34CC5CC(CC(C5)C3)C4)cc2)cc1. The fraction of sp³-hybridized carbons (Fsp3) is 0.419. The largest absolute Gasteiger partial charge is 0.465 e. The van der Waals surface area contributed by atoms with Crippen molar-refractivity contribution in [2.24, 2.45) is 17.8 Å². The minimum Gasteiger partial charge on any atom is -0.465 e. The third kappa shape index (κ3) is 4.48. The first-order chi connectivity index (χ1) is 18.7. The molecule has 3 aromatic rings. The van der Waals surface area contributed by atoms with Crippen LogP contribution in [0.1, 0.15) is 54.4 Å². The number of anilines is 3. The number of pyridine rings is 1. The van der Waals surface area contributed by atoms with Gasteiger partial charge in [0.1, 0.15) is 11.4 Å². The first-order valence-electron chi connectivity index (χ1n) is 13.7. The second-order valence-electron chi connectivity index (χ2n) is 11.6. The van der Waals surface area contributed by atoms with E-state index in [0.717, 1.165) is 17.8 Å². The van der Waals surface area contributed by atoms with Crippen LogP contribution in [0, 0.1) is 17.8 Å². The summed E-state index contributed by atoms with van der Waals surface area (Å²) in [5.74, 6) is 2.54. The van der Waals surface area contributed by atoms with E-state index < -0.39 is 16.0 Å². The van der Waals surface area contributed by atoms with Crippen LogP contribution in [0.2, 0.25) is 0 Å². The molecule has 0 saturated heterocycles. The molecule has 0 spiro atoms. The third-order valence-electron chi connectivity index (χ3n) is 9.27. The molecule has 204 valence electrons. The molecule has 4 bridgehead atoms. The average molecular weight is 546 g/mol. The van der Waals surface area contributed by atoms with Gasteiger partial charge in [0.15, 0.2) is 0 Å². The quantitative estimate of drug-likeness (QED) is 0.343. The second kappa shape index (κ2) is 9.66. The fourth-order valence-corrected chi connectivity index (χ4v) is 8.88. The number of hydrogen-bond donors (Lipinski definition) is 0. The maximum Gasteiger partial charge on any atom is 0.341 e. The first-order valence-corrected chi connectivity index (χ1v) is 15.1. The summed E-state index contributed by atoms with van der Waals surface area (Å²) in [6.07, 6.45) is 9.66. The van der Waals surface area contributed by atoms with Crippen molar-refractivity contribution in [3.63, 3.8) is 0 Å². The van der Waals surface area contributed by atoms with Crippen molar-refractivity contribution < 1.29 is 17.9 Å². The molecule has 2 aromatic carbocycles.